The van der Waals surface area contributed by atoms with Crippen LogP contribution in [0.4, 0.5) is 22.7 Å². The summed E-state index contributed by atoms with van der Waals surface area (Å²) in [5.74, 6) is 0.865. The number of furan rings is 1. The van der Waals surface area contributed by atoms with Crippen LogP contribution >= 0.6 is 0 Å². The smallest absolute Gasteiger partial charge is 0.159 e. The molecule has 2 atom stereocenters. The lowest BCUT2D eigenvalue weighted by Crippen LogP contribution is -2.20. The van der Waals surface area contributed by atoms with E-state index in [1.54, 1.807) is 0 Å². The number of hydrogen-bond donors (Lipinski definition) is 3. The molecule has 0 saturated heterocycles. The molecule has 2 aromatic heterocycles. The van der Waals surface area contributed by atoms with E-state index in [-0.39, 0.29) is 12.2 Å². The summed E-state index contributed by atoms with van der Waals surface area (Å²) >= 11 is 0. The van der Waals surface area contributed by atoms with E-state index >= 15 is 0 Å². The summed E-state index contributed by atoms with van der Waals surface area (Å²) in [4.78, 5) is 0. The Kier molecular flexibility index (Phi) is 5.09. The molecule has 0 radical (unpaired) electrons. The van der Waals surface area contributed by atoms with Crippen molar-refractivity contribution in [1.82, 2.24) is 4.57 Å². The van der Waals surface area contributed by atoms with Gasteiger partial charge in [-0.25, -0.2) is 0 Å². The van der Waals surface area contributed by atoms with Crippen LogP contribution in [0.3, 0.4) is 0 Å². The number of benzene rings is 6. The van der Waals surface area contributed by atoms with Crippen molar-refractivity contribution >= 4 is 61.1 Å². The summed E-state index contributed by atoms with van der Waals surface area (Å²) in [6.45, 7) is 2.24. The van der Waals surface area contributed by atoms with Gasteiger partial charge in [0.25, 0.3) is 0 Å². The molecule has 0 amide bonds. The summed E-state index contributed by atoms with van der Waals surface area (Å²) < 4.78 is 9.05. The molecule has 11 rings (SSSR count). The Bertz CT molecular complexity index is 2690. The van der Waals surface area contributed by atoms with E-state index in [0.29, 0.717) is 0 Å². The predicted molar refractivity (Wildman–Crippen MR) is 198 cm³/mol. The van der Waals surface area contributed by atoms with Gasteiger partial charge in [0.15, 0.2) is 5.76 Å². The van der Waals surface area contributed by atoms with Crippen LogP contribution in [0.25, 0.3) is 60.8 Å². The van der Waals surface area contributed by atoms with Crippen molar-refractivity contribution in [2.24, 2.45) is 0 Å². The van der Waals surface area contributed by atoms with Crippen molar-refractivity contribution in [3.63, 3.8) is 0 Å². The van der Waals surface area contributed by atoms with Crippen LogP contribution < -0.4 is 16.0 Å². The number of fused-ring (bicyclic) bond motifs is 13. The Hall–Kier alpha value is -6.20. The van der Waals surface area contributed by atoms with E-state index < -0.39 is 0 Å². The topological polar surface area (TPSA) is 54.2 Å². The van der Waals surface area contributed by atoms with E-state index in [2.05, 4.69) is 149 Å². The maximum absolute atomic E-state index is 6.58. The Morgan fingerprint density at radius 2 is 1.33 bits per heavy atom. The first-order valence-corrected chi connectivity index (χ1v) is 16.6. The normalized spacial score (nSPS) is 17.1. The second-order valence-corrected chi connectivity index (χ2v) is 13.1. The maximum atomic E-state index is 6.58. The first-order chi connectivity index (χ1) is 23.7. The summed E-state index contributed by atoms with van der Waals surface area (Å²) in [6, 6.07) is 45.6. The molecule has 8 aromatic rings. The van der Waals surface area contributed by atoms with E-state index in [9.17, 15) is 0 Å². The third-order valence-electron chi connectivity index (χ3n) is 10.5. The van der Waals surface area contributed by atoms with Crippen LogP contribution in [0.15, 0.2) is 138 Å². The largest absolute Gasteiger partial charge is 0.454 e. The third kappa shape index (κ3) is 3.40. The number of rotatable bonds is 1. The molecule has 3 aliphatic rings. The molecule has 4 heterocycles. The number of anilines is 4. The monoisotopic (exact) mass is 618 g/mol. The lowest BCUT2D eigenvalue weighted by Gasteiger charge is -2.28. The Morgan fingerprint density at radius 3 is 2.25 bits per heavy atom. The molecule has 3 N–H and O–H groups in total. The van der Waals surface area contributed by atoms with Gasteiger partial charge in [-0.15, -0.1) is 0 Å². The minimum atomic E-state index is -0.0822. The number of nitrogens with zero attached hydrogens (tertiary/aromatic N) is 1. The van der Waals surface area contributed by atoms with Gasteiger partial charge in [0.05, 0.1) is 28.1 Å². The highest BCUT2D eigenvalue weighted by atomic mass is 16.3. The summed E-state index contributed by atoms with van der Waals surface area (Å²) in [5.41, 5.74) is 16.3. The molecule has 6 aromatic carbocycles. The van der Waals surface area contributed by atoms with Gasteiger partial charge >= 0.3 is 0 Å². The minimum absolute atomic E-state index is 0.0174. The molecule has 2 aliphatic heterocycles. The van der Waals surface area contributed by atoms with Crippen LogP contribution in [-0.4, -0.2) is 4.57 Å². The number of aromatic nitrogens is 1. The zero-order valence-electron chi connectivity index (χ0n) is 26.2. The van der Waals surface area contributed by atoms with E-state index in [0.717, 1.165) is 39.4 Å². The molecular weight excluding hydrogens is 589 g/mol. The maximum Gasteiger partial charge on any atom is 0.159 e. The highest BCUT2D eigenvalue weighted by molar-refractivity contribution is 6.18. The molecule has 48 heavy (non-hydrogen) atoms. The highest BCUT2D eigenvalue weighted by Gasteiger charge is 2.32. The fraction of sp³-hybridized carbons (Fsp3) is 0.0698. The van der Waals surface area contributed by atoms with Gasteiger partial charge in [-0.3, -0.25) is 0 Å². The van der Waals surface area contributed by atoms with Crippen LogP contribution in [0.1, 0.15) is 35.8 Å². The van der Waals surface area contributed by atoms with Crippen molar-refractivity contribution in [1.29, 1.82) is 0 Å². The van der Waals surface area contributed by atoms with Crippen LogP contribution in [0, 0.1) is 0 Å². The standard InChI is InChI=1S/C43H30N4O/c1-24-25-11-2-5-14-29(25)43-41(31-16-7-9-20-37(31)48-43)46-34-21-22-36-40(42(34)44-24)30-15-6-8-19-35(30)47(36)38-23-32-27-13-4-3-12-26(27)28-17-10-18-33(45-38)39(28)32/h2-24,38,44-46H,1H3. The van der Waals surface area contributed by atoms with Crippen LogP contribution in [-0.2, 0) is 0 Å². The van der Waals surface area contributed by atoms with Crippen molar-refractivity contribution in [3.8, 4) is 22.5 Å². The molecule has 0 fully saturated rings. The van der Waals surface area contributed by atoms with Gasteiger partial charge in [-0.05, 0) is 77.2 Å². The average Bonchev–Trinajstić information content (AvgIpc) is 3.78. The molecule has 228 valence electrons. The second-order valence-electron chi connectivity index (χ2n) is 13.1. The van der Waals surface area contributed by atoms with Gasteiger partial charge in [0, 0.05) is 39.0 Å². The number of para-hydroxylation sites is 2. The average molecular weight is 619 g/mol. The zero-order valence-corrected chi connectivity index (χ0v) is 26.2. The minimum Gasteiger partial charge on any atom is -0.454 e. The van der Waals surface area contributed by atoms with Crippen molar-refractivity contribution in [2.45, 2.75) is 19.1 Å². The second kappa shape index (κ2) is 9.43. The van der Waals surface area contributed by atoms with Crippen molar-refractivity contribution in [2.75, 3.05) is 16.0 Å². The van der Waals surface area contributed by atoms with E-state index in [4.69, 9.17) is 4.42 Å². The summed E-state index contributed by atoms with van der Waals surface area (Å²) in [5, 5.41) is 15.3. The molecule has 0 saturated carbocycles. The molecule has 2 unspecified atom stereocenters. The number of nitrogens with one attached hydrogen (secondary N) is 3. The van der Waals surface area contributed by atoms with Gasteiger partial charge in [-0.1, -0.05) is 91.0 Å². The molecule has 5 heteroatoms. The van der Waals surface area contributed by atoms with Gasteiger partial charge in [0.1, 0.15) is 11.7 Å². The number of hydrogen-bond acceptors (Lipinski definition) is 4. The molecule has 0 bridgehead atoms. The predicted octanol–water partition coefficient (Wildman–Crippen LogP) is 11.5. The summed E-state index contributed by atoms with van der Waals surface area (Å²) in [6.07, 6.45) is 2.33. The van der Waals surface area contributed by atoms with Crippen molar-refractivity contribution < 1.29 is 4.42 Å². The third-order valence-corrected chi connectivity index (χ3v) is 10.5. The van der Waals surface area contributed by atoms with Crippen molar-refractivity contribution in [3.05, 3.63) is 150 Å². The molecule has 5 nitrogen and oxygen atoms in total. The molecule has 0 spiro atoms. The van der Waals surface area contributed by atoms with E-state index in [1.165, 1.54) is 60.9 Å². The highest BCUT2D eigenvalue weighted by Crippen LogP contribution is 2.52. The zero-order chi connectivity index (χ0) is 31.5. The Labute approximate surface area is 277 Å². The lowest BCUT2D eigenvalue weighted by molar-refractivity contribution is 0.631. The summed E-state index contributed by atoms with van der Waals surface area (Å²) in [7, 11) is 0. The Balaban J connectivity index is 1.17. The first kappa shape index (κ1) is 25.9. The quantitative estimate of drug-likeness (QED) is 0.171. The fourth-order valence-electron chi connectivity index (χ4n) is 8.46. The SMILES string of the molecule is CC1Nc2c(ccc3c2c2ccccc2n3C2C=C3c4ccccc4-c4cccc(c43)N2)Nc2c(oc3ccccc23)-c2ccccc21. The van der Waals surface area contributed by atoms with E-state index in [1.807, 2.05) is 12.1 Å². The van der Waals surface area contributed by atoms with Gasteiger partial charge < -0.3 is 24.9 Å². The first-order valence-electron chi connectivity index (χ1n) is 16.6. The molecule has 1 aliphatic carbocycles. The Morgan fingerprint density at radius 1 is 0.583 bits per heavy atom. The molecular formula is C43H30N4O. The van der Waals surface area contributed by atoms with Gasteiger partial charge in [-0.2, -0.15) is 0 Å². The van der Waals surface area contributed by atoms with Gasteiger partial charge in [0.2, 0.25) is 0 Å². The van der Waals surface area contributed by atoms with Crippen LogP contribution in [0.5, 0.6) is 0 Å². The lowest BCUT2D eigenvalue weighted by atomic mass is 9.98. The fourth-order valence-corrected chi connectivity index (χ4v) is 8.46. The van der Waals surface area contributed by atoms with Crippen LogP contribution in [0.2, 0.25) is 0 Å².